The highest BCUT2D eigenvalue weighted by Crippen LogP contribution is 2.29. The van der Waals surface area contributed by atoms with E-state index in [0.717, 1.165) is 11.4 Å². The van der Waals surface area contributed by atoms with E-state index in [1.54, 1.807) is 0 Å². The molecule has 0 bridgehead atoms. The summed E-state index contributed by atoms with van der Waals surface area (Å²) in [6.07, 6.45) is 9.13. The molecule has 2 atom stereocenters. The molecule has 1 saturated carbocycles. The molecule has 1 saturated heterocycles. The molecular formula is C15H24N2OS2. The molecule has 1 aliphatic carbocycles. The van der Waals surface area contributed by atoms with Crippen molar-refractivity contribution in [2.45, 2.75) is 55.9 Å². The Bertz CT molecular complexity index is 412. The van der Waals surface area contributed by atoms with Gasteiger partial charge in [0.25, 0.3) is 0 Å². The van der Waals surface area contributed by atoms with Gasteiger partial charge in [0.1, 0.15) is 0 Å². The minimum atomic E-state index is -0.248. The normalized spacial score (nSPS) is 26.6. The highest BCUT2D eigenvalue weighted by molar-refractivity contribution is 8.06. The molecule has 2 heterocycles. The summed E-state index contributed by atoms with van der Waals surface area (Å²) >= 11 is 3.88. The van der Waals surface area contributed by atoms with Crippen LogP contribution in [0.1, 0.15) is 43.8 Å². The fourth-order valence-electron chi connectivity index (χ4n) is 3.11. The third kappa shape index (κ3) is 3.74. The van der Waals surface area contributed by atoms with Crippen LogP contribution in [0.4, 0.5) is 0 Å². The van der Waals surface area contributed by atoms with Crippen molar-refractivity contribution in [1.29, 1.82) is 0 Å². The van der Waals surface area contributed by atoms with E-state index in [4.69, 9.17) is 5.10 Å². The monoisotopic (exact) mass is 312 g/mol. The van der Waals surface area contributed by atoms with Crippen LogP contribution < -0.4 is 0 Å². The Labute approximate surface area is 129 Å². The fraction of sp³-hybridized carbons (Fsp3) is 0.800. The number of aliphatic hydroxyl groups excluding tert-OH is 1. The standard InChI is InChI=1S/C15H24N2OS2/c18-14(15-11-19-8-9-20-15)10-12-6-7-17(16-12)13-4-2-1-3-5-13/h6-7,13-15,18H,1-5,8-11H2. The zero-order valence-corrected chi connectivity index (χ0v) is 13.5. The quantitative estimate of drug-likeness (QED) is 0.927. The van der Waals surface area contributed by atoms with Crippen molar-refractivity contribution in [1.82, 2.24) is 9.78 Å². The molecule has 112 valence electrons. The molecule has 0 amide bonds. The first-order valence-electron chi connectivity index (χ1n) is 7.74. The largest absolute Gasteiger partial charge is 0.392 e. The number of hydrogen-bond acceptors (Lipinski definition) is 4. The summed E-state index contributed by atoms with van der Waals surface area (Å²) in [7, 11) is 0. The van der Waals surface area contributed by atoms with Crippen LogP contribution in [-0.2, 0) is 6.42 Å². The molecule has 1 aromatic heterocycles. The van der Waals surface area contributed by atoms with Gasteiger partial charge in [0.05, 0.1) is 17.8 Å². The highest BCUT2D eigenvalue weighted by atomic mass is 32.2. The summed E-state index contributed by atoms with van der Waals surface area (Å²) in [6, 6.07) is 2.69. The summed E-state index contributed by atoms with van der Waals surface area (Å²) in [5.41, 5.74) is 1.05. The second-order valence-corrected chi connectivity index (χ2v) is 8.33. The maximum atomic E-state index is 10.4. The topological polar surface area (TPSA) is 38.0 Å². The van der Waals surface area contributed by atoms with E-state index in [1.807, 2.05) is 23.5 Å². The Kier molecular flexibility index (Phi) is 5.35. The van der Waals surface area contributed by atoms with Crippen LogP contribution in [0.3, 0.4) is 0 Å². The molecule has 2 aliphatic rings. The maximum Gasteiger partial charge on any atom is 0.0722 e. The highest BCUT2D eigenvalue weighted by Gasteiger charge is 2.24. The molecule has 5 heteroatoms. The van der Waals surface area contributed by atoms with Crippen molar-refractivity contribution in [3.05, 3.63) is 18.0 Å². The van der Waals surface area contributed by atoms with Crippen LogP contribution in [-0.4, -0.2) is 43.5 Å². The van der Waals surface area contributed by atoms with Gasteiger partial charge in [-0.25, -0.2) is 0 Å². The van der Waals surface area contributed by atoms with Gasteiger partial charge in [-0.2, -0.15) is 28.6 Å². The molecule has 0 aromatic carbocycles. The number of nitrogens with zero attached hydrogens (tertiary/aromatic N) is 2. The van der Waals surface area contributed by atoms with E-state index in [0.29, 0.717) is 17.7 Å². The Hall–Kier alpha value is -0.130. The lowest BCUT2D eigenvalue weighted by atomic mass is 9.96. The van der Waals surface area contributed by atoms with Gasteiger partial charge in [0.2, 0.25) is 0 Å². The third-order valence-corrected chi connectivity index (χ3v) is 7.21. The van der Waals surface area contributed by atoms with E-state index in [-0.39, 0.29) is 6.10 Å². The van der Waals surface area contributed by atoms with Gasteiger partial charge in [-0.3, -0.25) is 4.68 Å². The number of hydrogen-bond donors (Lipinski definition) is 1. The smallest absolute Gasteiger partial charge is 0.0722 e. The van der Waals surface area contributed by atoms with Gasteiger partial charge in [-0.1, -0.05) is 19.3 Å². The van der Waals surface area contributed by atoms with Crippen LogP contribution in [0, 0.1) is 0 Å². The average Bonchev–Trinajstić information content (AvgIpc) is 2.97. The van der Waals surface area contributed by atoms with Crippen LogP contribution in [0.25, 0.3) is 0 Å². The van der Waals surface area contributed by atoms with E-state index >= 15 is 0 Å². The molecule has 3 rings (SSSR count). The molecule has 1 N–H and O–H groups in total. The first kappa shape index (κ1) is 14.8. The van der Waals surface area contributed by atoms with Crippen LogP contribution >= 0.6 is 23.5 Å². The van der Waals surface area contributed by atoms with Gasteiger partial charge in [-0.05, 0) is 18.9 Å². The zero-order valence-electron chi connectivity index (χ0n) is 11.9. The summed E-state index contributed by atoms with van der Waals surface area (Å²) in [5.74, 6) is 3.47. The molecule has 0 radical (unpaired) electrons. The lowest BCUT2D eigenvalue weighted by Crippen LogP contribution is -2.30. The Morgan fingerprint density at radius 2 is 2.15 bits per heavy atom. The predicted molar refractivity (Wildman–Crippen MR) is 87.6 cm³/mol. The van der Waals surface area contributed by atoms with Gasteiger partial charge in [0, 0.05) is 35.1 Å². The fourth-order valence-corrected chi connectivity index (χ4v) is 5.88. The lowest BCUT2D eigenvalue weighted by molar-refractivity contribution is 0.175. The van der Waals surface area contributed by atoms with Gasteiger partial charge >= 0.3 is 0 Å². The minimum Gasteiger partial charge on any atom is -0.392 e. The Morgan fingerprint density at radius 3 is 2.90 bits per heavy atom. The van der Waals surface area contributed by atoms with Gasteiger partial charge < -0.3 is 5.11 Å². The number of aliphatic hydroxyl groups is 1. The summed E-state index contributed by atoms with van der Waals surface area (Å²) < 4.78 is 2.14. The number of aromatic nitrogens is 2. The number of rotatable bonds is 4. The van der Waals surface area contributed by atoms with Crippen LogP contribution in [0.2, 0.25) is 0 Å². The second-order valence-electron chi connectivity index (χ2n) is 5.83. The molecule has 1 aromatic rings. The van der Waals surface area contributed by atoms with Crippen molar-refractivity contribution < 1.29 is 5.11 Å². The first-order valence-corrected chi connectivity index (χ1v) is 9.95. The summed E-state index contributed by atoms with van der Waals surface area (Å²) in [6.45, 7) is 0. The second kappa shape index (κ2) is 7.23. The van der Waals surface area contributed by atoms with Crippen molar-refractivity contribution in [3.8, 4) is 0 Å². The van der Waals surface area contributed by atoms with Crippen molar-refractivity contribution in [2.24, 2.45) is 0 Å². The molecule has 2 unspecified atom stereocenters. The van der Waals surface area contributed by atoms with Gasteiger partial charge in [0.15, 0.2) is 0 Å². The maximum absolute atomic E-state index is 10.4. The van der Waals surface area contributed by atoms with E-state index < -0.39 is 0 Å². The Morgan fingerprint density at radius 1 is 1.30 bits per heavy atom. The lowest BCUT2D eigenvalue weighted by Gasteiger charge is -2.25. The third-order valence-electron chi connectivity index (χ3n) is 4.30. The molecule has 0 spiro atoms. The van der Waals surface area contributed by atoms with Crippen LogP contribution in [0.5, 0.6) is 0 Å². The van der Waals surface area contributed by atoms with E-state index in [2.05, 4.69) is 16.9 Å². The van der Waals surface area contributed by atoms with Crippen molar-refractivity contribution in [3.63, 3.8) is 0 Å². The first-order chi connectivity index (χ1) is 9.83. The predicted octanol–water partition coefficient (Wildman–Crippen LogP) is 3.14. The van der Waals surface area contributed by atoms with Gasteiger partial charge in [-0.15, -0.1) is 0 Å². The van der Waals surface area contributed by atoms with E-state index in [9.17, 15) is 5.11 Å². The van der Waals surface area contributed by atoms with E-state index in [1.165, 1.54) is 43.6 Å². The zero-order chi connectivity index (χ0) is 13.8. The number of thioether (sulfide) groups is 2. The van der Waals surface area contributed by atoms with Crippen molar-refractivity contribution >= 4 is 23.5 Å². The van der Waals surface area contributed by atoms with Crippen molar-refractivity contribution in [2.75, 3.05) is 17.3 Å². The average molecular weight is 313 g/mol. The SMILES string of the molecule is OC(Cc1ccn(C2CCCCC2)n1)C1CSCCS1. The molecular weight excluding hydrogens is 288 g/mol. The molecule has 20 heavy (non-hydrogen) atoms. The molecule has 3 nitrogen and oxygen atoms in total. The van der Waals surface area contributed by atoms with Crippen LogP contribution in [0.15, 0.2) is 12.3 Å². The summed E-state index contributed by atoms with van der Waals surface area (Å²) in [4.78, 5) is 0. The molecule has 2 fully saturated rings. The minimum absolute atomic E-state index is 0.248. The molecule has 1 aliphatic heterocycles. The Balaban J connectivity index is 1.56. The summed E-state index contributed by atoms with van der Waals surface area (Å²) in [5, 5.41) is 15.5.